The van der Waals surface area contributed by atoms with Crippen molar-refractivity contribution >= 4 is 11.1 Å². The van der Waals surface area contributed by atoms with Gasteiger partial charge in [-0.15, -0.1) is 0 Å². The molecule has 0 unspecified atom stereocenters. The lowest BCUT2D eigenvalue weighted by Gasteiger charge is -2.17. The minimum Gasteiger partial charge on any atom is -0.264 e. The first-order valence-electron chi connectivity index (χ1n) is 26.3. The number of hydrogen-bond donors (Lipinski definition) is 0. The molecule has 6 nitrogen and oxygen atoms in total. The van der Waals surface area contributed by atoms with E-state index in [1.807, 2.05) is 98.6 Å². The highest BCUT2D eigenvalue weighted by atomic mass is 14.6. The third-order valence-corrected chi connectivity index (χ3v) is 14.6. The fourth-order valence-corrected chi connectivity index (χ4v) is 10.6. The van der Waals surface area contributed by atoms with E-state index in [0.29, 0.717) is 0 Å². The Hall–Kier alpha value is -10.3. The average molecular weight is 999 g/mol. The van der Waals surface area contributed by atoms with E-state index in [2.05, 4.69) is 202 Å². The molecule has 6 heteroatoms. The summed E-state index contributed by atoms with van der Waals surface area (Å²) < 4.78 is 0. The van der Waals surface area contributed by atoms with Crippen LogP contribution in [-0.4, -0.2) is 29.9 Å². The molecular weight excluding hydrogens is 949 g/mol. The molecule has 0 aliphatic heterocycles. The molecule has 13 rings (SSSR count). The van der Waals surface area contributed by atoms with Gasteiger partial charge >= 0.3 is 0 Å². The van der Waals surface area contributed by atoms with Gasteiger partial charge in [0.05, 0.1) is 0 Å². The SMILES string of the molecule is C1=C(c2cc(-c3cccc(-c4cccnc4)c3)cc(-c3cncc(-c4cccc(-c5cncc(-c6cc(-c7cccc(-c8cccnc8)c7)cc(-c7cccc(-c8cccnc8)c7)c6)c5)c4)c3)c2)C=C(c2cccnc2)CC1. The smallest absolute Gasteiger partial charge is 0.0346 e. The van der Waals surface area contributed by atoms with Gasteiger partial charge in [-0.2, -0.15) is 0 Å². The van der Waals surface area contributed by atoms with E-state index < -0.39 is 0 Å². The Morgan fingerprint density at radius 2 is 0.474 bits per heavy atom. The first-order valence-corrected chi connectivity index (χ1v) is 26.3. The van der Waals surface area contributed by atoms with Gasteiger partial charge in [-0.25, -0.2) is 0 Å². The predicted molar refractivity (Wildman–Crippen MR) is 319 cm³/mol. The summed E-state index contributed by atoms with van der Waals surface area (Å²) in [5.74, 6) is 0. The van der Waals surface area contributed by atoms with Crippen molar-refractivity contribution in [3.63, 3.8) is 0 Å². The normalized spacial score (nSPS) is 12.2. The number of aromatic nitrogens is 6. The molecule has 0 amide bonds. The largest absolute Gasteiger partial charge is 0.264 e. The van der Waals surface area contributed by atoms with Crippen LogP contribution in [0.3, 0.4) is 0 Å². The maximum atomic E-state index is 4.90. The quantitative estimate of drug-likeness (QED) is 0.121. The minimum atomic E-state index is 0.953. The van der Waals surface area contributed by atoms with E-state index in [1.165, 1.54) is 11.1 Å². The number of rotatable bonds is 12. The molecule has 0 N–H and O–H groups in total. The first kappa shape index (κ1) is 47.4. The maximum Gasteiger partial charge on any atom is 0.0346 e. The molecule has 0 radical (unpaired) electrons. The van der Waals surface area contributed by atoms with Gasteiger partial charge in [0.2, 0.25) is 0 Å². The van der Waals surface area contributed by atoms with Crippen LogP contribution >= 0.6 is 0 Å². The number of hydrogen-bond acceptors (Lipinski definition) is 6. The predicted octanol–water partition coefficient (Wildman–Crippen LogP) is 18.0. The van der Waals surface area contributed by atoms with Crippen LogP contribution < -0.4 is 0 Å². The summed E-state index contributed by atoms with van der Waals surface area (Å²) in [6.45, 7) is 0. The van der Waals surface area contributed by atoms with Crippen molar-refractivity contribution in [2.75, 3.05) is 0 Å². The van der Waals surface area contributed by atoms with Gasteiger partial charge in [0, 0.05) is 113 Å². The standard InChI is InChI=1S/C72H50N6/c1-10-49(59-20-6-24-73-41-59)28-53(14-1)63-33-64(54-15-2-11-50(29-54)60-21-7-25-74-42-60)36-67(35-63)71-39-69(45-77-47-71)57-18-5-19-58(32-57)70-40-72(48-78-46-70)68-37-65(55-16-3-12-51(30-55)61-22-8-26-75-43-61)34-66(38-68)56-17-4-13-52(31-56)62-23-9-27-76-44-62/h1-3,5-12,14-48H,4,13H2. The summed E-state index contributed by atoms with van der Waals surface area (Å²) in [4.78, 5) is 27.4. The van der Waals surface area contributed by atoms with E-state index in [9.17, 15) is 0 Å². The highest BCUT2D eigenvalue weighted by Gasteiger charge is 2.16. The van der Waals surface area contributed by atoms with E-state index in [-0.39, 0.29) is 0 Å². The molecule has 368 valence electrons. The molecule has 0 fully saturated rings. The second kappa shape index (κ2) is 21.5. The van der Waals surface area contributed by atoms with Gasteiger partial charge in [-0.3, -0.25) is 29.9 Å². The molecule has 12 aromatic rings. The summed E-state index contributed by atoms with van der Waals surface area (Å²) in [6, 6.07) is 69.6. The molecule has 78 heavy (non-hydrogen) atoms. The van der Waals surface area contributed by atoms with E-state index in [4.69, 9.17) is 9.97 Å². The molecule has 0 atom stereocenters. The van der Waals surface area contributed by atoms with Gasteiger partial charge in [0.1, 0.15) is 0 Å². The summed E-state index contributed by atoms with van der Waals surface area (Å²) in [6.07, 6.45) is 29.5. The number of benzene rings is 6. The Morgan fingerprint density at radius 3 is 0.833 bits per heavy atom. The molecule has 0 saturated carbocycles. The summed E-state index contributed by atoms with van der Waals surface area (Å²) in [5.41, 5.74) is 26.5. The molecular formula is C72H50N6. The third kappa shape index (κ3) is 10.3. The summed E-state index contributed by atoms with van der Waals surface area (Å²) in [7, 11) is 0. The Kier molecular flexibility index (Phi) is 13.1. The van der Waals surface area contributed by atoms with Crippen LogP contribution in [-0.2, 0) is 0 Å². The molecule has 1 aliphatic rings. The van der Waals surface area contributed by atoms with Gasteiger partial charge in [0.15, 0.2) is 0 Å². The Labute approximate surface area is 454 Å². The number of pyridine rings is 6. The zero-order chi connectivity index (χ0) is 52.0. The molecule has 1 aliphatic carbocycles. The van der Waals surface area contributed by atoms with Crippen molar-refractivity contribution in [2.24, 2.45) is 0 Å². The molecule has 6 heterocycles. The van der Waals surface area contributed by atoms with Crippen molar-refractivity contribution in [1.82, 2.24) is 29.9 Å². The molecule has 6 aromatic heterocycles. The maximum absolute atomic E-state index is 4.90. The summed E-state index contributed by atoms with van der Waals surface area (Å²) >= 11 is 0. The van der Waals surface area contributed by atoms with Crippen LogP contribution in [0.4, 0.5) is 0 Å². The van der Waals surface area contributed by atoms with Gasteiger partial charge in [-0.05, 0) is 205 Å². The van der Waals surface area contributed by atoms with Gasteiger partial charge in [0.25, 0.3) is 0 Å². The van der Waals surface area contributed by atoms with Crippen molar-refractivity contribution in [3.8, 4) is 111 Å². The second-order valence-electron chi connectivity index (χ2n) is 19.7. The van der Waals surface area contributed by atoms with Crippen LogP contribution in [0.5, 0.6) is 0 Å². The second-order valence-corrected chi connectivity index (χ2v) is 19.7. The van der Waals surface area contributed by atoms with Crippen molar-refractivity contribution in [1.29, 1.82) is 0 Å². The zero-order valence-electron chi connectivity index (χ0n) is 42.7. The Balaban J connectivity index is 0.863. The van der Waals surface area contributed by atoms with Crippen molar-refractivity contribution in [3.05, 3.63) is 292 Å². The lowest BCUT2D eigenvalue weighted by atomic mass is 9.88. The zero-order valence-corrected chi connectivity index (χ0v) is 42.7. The highest BCUT2D eigenvalue weighted by Crippen LogP contribution is 2.40. The van der Waals surface area contributed by atoms with Crippen LogP contribution in [0.2, 0.25) is 0 Å². The molecule has 0 spiro atoms. The van der Waals surface area contributed by atoms with Gasteiger partial charge in [-0.1, -0.05) is 109 Å². The Morgan fingerprint density at radius 1 is 0.218 bits per heavy atom. The number of nitrogens with zero attached hydrogens (tertiary/aromatic N) is 6. The lowest BCUT2D eigenvalue weighted by Crippen LogP contribution is -1.95. The monoisotopic (exact) mass is 998 g/mol. The fourth-order valence-electron chi connectivity index (χ4n) is 10.6. The lowest BCUT2D eigenvalue weighted by molar-refractivity contribution is 1.05. The van der Waals surface area contributed by atoms with E-state index in [1.54, 1.807) is 0 Å². The fraction of sp³-hybridized carbons (Fsp3) is 0.0278. The topological polar surface area (TPSA) is 77.3 Å². The van der Waals surface area contributed by atoms with Crippen molar-refractivity contribution in [2.45, 2.75) is 12.8 Å². The highest BCUT2D eigenvalue weighted by molar-refractivity contribution is 5.91. The summed E-state index contributed by atoms with van der Waals surface area (Å²) in [5, 5.41) is 0. The Bertz CT molecular complexity index is 4090. The molecule has 6 aromatic carbocycles. The third-order valence-electron chi connectivity index (χ3n) is 14.6. The molecule has 0 saturated heterocycles. The van der Waals surface area contributed by atoms with E-state index >= 15 is 0 Å². The van der Waals surface area contributed by atoms with Crippen LogP contribution in [0.1, 0.15) is 24.0 Å². The van der Waals surface area contributed by atoms with Crippen LogP contribution in [0, 0.1) is 0 Å². The van der Waals surface area contributed by atoms with Crippen LogP contribution in [0.25, 0.3) is 122 Å². The average Bonchev–Trinajstić information content (AvgIpc) is 3.56. The van der Waals surface area contributed by atoms with E-state index in [0.717, 1.165) is 135 Å². The molecule has 0 bridgehead atoms. The first-order chi connectivity index (χ1) is 38.6. The van der Waals surface area contributed by atoms with Crippen molar-refractivity contribution < 1.29 is 0 Å². The van der Waals surface area contributed by atoms with Gasteiger partial charge < -0.3 is 0 Å². The minimum absolute atomic E-state index is 0.953. The number of allylic oxidation sites excluding steroid dienone is 4. The van der Waals surface area contributed by atoms with Crippen LogP contribution in [0.15, 0.2) is 281 Å².